The summed E-state index contributed by atoms with van der Waals surface area (Å²) in [6.07, 6.45) is 7.14. The molecule has 2 fully saturated rings. The molecule has 2 aromatic rings. The molecule has 32 heavy (non-hydrogen) atoms. The van der Waals surface area contributed by atoms with Gasteiger partial charge in [0.1, 0.15) is 11.3 Å². The number of amides is 2. The van der Waals surface area contributed by atoms with Crippen molar-refractivity contribution in [1.29, 1.82) is 0 Å². The van der Waals surface area contributed by atoms with E-state index in [1.807, 2.05) is 30.1 Å². The van der Waals surface area contributed by atoms with Crippen LogP contribution in [0.5, 0.6) is 0 Å². The maximum Gasteiger partial charge on any atom is 0.236 e. The van der Waals surface area contributed by atoms with Gasteiger partial charge in [0, 0.05) is 56.0 Å². The van der Waals surface area contributed by atoms with Crippen molar-refractivity contribution in [1.82, 2.24) is 14.7 Å². The summed E-state index contributed by atoms with van der Waals surface area (Å²) in [6, 6.07) is 8.11. The van der Waals surface area contributed by atoms with Gasteiger partial charge in [-0.15, -0.1) is 0 Å². The van der Waals surface area contributed by atoms with Crippen molar-refractivity contribution in [3.8, 4) is 0 Å². The van der Waals surface area contributed by atoms with E-state index < -0.39 is 0 Å². The van der Waals surface area contributed by atoms with Crippen molar-refractivity contribution in [2.45, 2.75) is 58.4 Å². The Morgan fingerprint density at radius 1 is 1.00 bits per heavy atom. The van der Waals surface area contributed by atoms with E-state index in [2.05, 4.69) is 22.8 Å². The normalized spacial score (nSPS) is 18.3. The number of benzene rings is 1. The number of rotatable bonds is 6. The highest BCUT2D eigenvalue weighted by Gasteiger charge is 2.30. The van der Waals surface area contributed by atoms with E-state index in [9.17, 15) is 9.59 Å². The van der Waals surface area contributed by atoms with E-state index in [1.165, 1.54) is 18.4 Å². The number of hydrogen-bond donors (Lipinski definition) is 0. The van der Waals surface area contributed by atoms with Gasteiger partial charge in [-0.25, -0.2) is 0 Å². The largest absolute Gasteiger partial charge is 0.461 e. The summed E-state index contributed by atoms with van der Waals surface area (Å²) < 4.78 is 6.00. The van der Waals surface area contributed by atoms with Crippen LogP contribution in [0.2, 0.25) is 0 Å². The Bertz CT molecular complexity index is 922. The summed E-state index contributed by atoms with van der Waals surface area (Å²) in [7, 11) is 1.99. The predicted molar refractivity (Wildman–Crippen MR) is 126 cm³/mol. The molecule has 0 spiro atoms. The van der Waals surface area contributed by atoms with Gasteiger partial charge in [-0.3, -0.25) is 14.5 Å². The van der Waals surface area contributed by atoms with Crippen LogP contribution in [0.15, 0.2) is 28.7 Å². The molecule has 3 heterocycles. The van der Waals surface area contributed by atoms with Crippen molar-refractivity contribution in [2.75, 3.05) is 39.8 Å². The molecule has 0 N–H and O–H groups in total. The van der Waals surface area contributed by atoms with Crippen LogP contribution in [0.25, 0.3) is 11.0 Å². The Morgan fingerprint density at radius 2 is 1.69 bits per heavy atom. The second-order valence-electron chi connectivity index (χ2n) is 9.42. The van der Waals surface area contributed by atoms with E-state index in [0.717, 1.165) is 61.9 Å². The van der Waals surface area contributed by atoms with Gasteiger partial charge >= 0.3 is 0 Å². The second kappa shape index (κ2) is 10.5. The average molecular weight is 440 g/mol. The maximum atomic E-state index is 12.9. The first-order valence-corrected chi connectivity index (χ1v) is 12.3. The van der Waals surface area contributed by atoms with Gasteiger partial charge in [0.05, 0.1) is 6.54 Å². The minimum Gasteiger partial charge on any atom is -0.461 e. The molecule has 0 radical (unpaired) electrons. The van der Waals surface area contributed by atoms with E-state index in [0.29, 0.717) is 32.1 Å². The number of furan rings is 1. The Balaban J connectivity index is 1.29. The van der Waals surface area contributed by atoms with Crippen LogP contribution in [-0.4, -0.2) is 66.3 Å². The molecule has 0 aliphatic carbocycles. The molecule has 1 aromatic carbocycles. The molecule has 2 aliphatic heterocycles. The number of carbonyl (C=O) groups is 2. The zero-order valence-corrected chi connectivity index (χ0v) is 19.6. The summed E-state index contributed by atoms with van der Waals surface area (Å²) in [5, 5.41) is 1.14. The average Bonchev–Trinajstić information content (AvgIpc) is 2.97. The van der Waals surface area contributed by atoms with E-state index in [-0.39, 0.29) is 11.8 Å². The van der Waals surface area contributed by atoms with Gasteiger partial charge in [0.2, 0.25) is 11.8 Å². The van der Waals surface area contributed by atoms with Crippen molar-refractivity contribution >= 4 is 22.8 Å². The molecule has 4 rings (SSSR count). The van der Waals surface area contributed by atoms with Crippen LogP contribution in [0.4, 0.5) is 0 Å². The first-order chi connectivity index (χ1) is 15.6. The lowest BCUT2D eigenvalue weighted by atomic mass is 9.95. The molecule has 0 atom stereocenters. The number of piperidine rings is 1. The zero-order valence-electron chi connectivity index (χ0n) is 19.6. The highest BCUT2D eigenvalue weighted by Crippen LogP contribution is 2.27. The third kappa shape index (κ3) is 5.17. The number of para-hydroxylation sites is 1. The molecule has 0 bridgehead atoms. The Labute approximate surface area is 191 Å². The van der Waals surface area contributed by atoms with Crippen LogP contribution in [0.1, 0.15) is 56.8 Å². The van der Waals surface area contributed by atoms with Crippen molar-refractivity contribution in [3.05, 3.63) is 35.6 Å². The number of nitrogens with zero attached hydrogens (tertiary/aromatic N) is 3. The van der Waals surface area contributed by atoms with Crippen molar-refractivity contribution < 1.29 is 14.0 Å². The van der Waals surface area contributed by atoms with Gasteiger partial charge in [0.25, 0.3) is 0 Å². The predicted octanol–water partition coefficient (Wildman–Crippen LogP) is 4.07. The molecule has 1 aromatic heterocycles. The van der Waals surface area contributed by atoms with Gasteiger partial charge in [-0.1, -0.05) is 38.0 Å². The number of hydrogen-bond acceptors (Lipinski definition) is 4. The first-order valence-electron chi connectivity index (χ1n) is 12.3. The number of fused-ring (bicyclic) bond motifs is 1. The minimum absolute atomic E-state index is 0.0827. The molecule has 2 amide bonds. The van der Waals surface area contributed by atoms with E-state index in [4.69, 9.17) is 4.42 Å². The molecule has 0 saturated carbocycles. The molecular formula is C26H37N3O3. The molecule has 0 unspecified atom stereocenters. The van der Waals surface area contributed by atoms with E-state index >= 15 is 0 Å². The lowest BCUT2D eigenvalue weighted by Gasteiger charge is -2.34. The van der Waals surface area contributed by atoms with Gasteiger partial charge in [-0.2, -0.15) is 0 Å². The lowest BCUT2D eigenvalue weighted by molar-refractivity contribution is -0.141. The standard InChI is InChI=1S/C26H37N3O3/c1-3-23-22(21-10-6-7-11-24(21)32-23)18-27(2)19-25(30)28-16-12-20(13-17-28)26(31)29-14-8-4-5-9-15-29/h6-7,10-11,20H,3-5,8-9,12-19H2,1-2H3. The summed E-state index contributed by atoms with van der Waals surface area (Å²) in [5.41, 5.74) is 2.09. The van der Waals surface area contributed by atoms with Crippen LogP contribution in [0.3, 0.4) is 0 Å². The summed E-state index contributed by atoms with van der Waals surface area (Å²) >= 11 is 0. The van der Waals surface area contributed by atoms with Crippen molar-refractivity contribution in [2.24, 2.45) is 5.92 Å². The highest BCUT2D eigenvalue weighted by molar-refractivity contribution is 5.83. The number of aryl methyl sites for hydroxylation is 1. The fraction of sp³-hybridized carbons (Fsp3) is 0.615. The second-order valence-corrected chi connectivity index (χ2v) is 9.42. The molecule has 2 saturated heterocycles. The quantitative estimate of drug-likeness (QED) is 0.681. The third-order valence-electron chi connectivity index (χ3n) is 7.05. The van der Waals surface area contributed by atoms with Crippen LogP contribution >= 0.6 is 0 Å². The van der Waals surface area contributed by atoms with Crippen LogP contribution in [0, 0.1) is 5.92 Å². The summed E-state index contributed by atoms with van der Waals surface area (Å²) in [6.45, 7) is 6.36. The minimum atomic E-state index is 0.0827. The SMILES string of the molecule is CCc1oc2ccccc2c1CN(C)CC(=O)N1CCC(C(=O)N2CCCCCC2)CC1. The highest BCUT2D eigenvalue weighted by atomic mass is 16.3. The first kappa shape index (κ1) is 22.8. The van der Waals surface area contributed by atoms with Crippen LogP contribution in [-0.2, 0) is 22.6 Å². The number of likely N-dealkylation sites (tertiary alicyclic amines) is 2. The maximum absolute atomic E-state index is 12.9. The third-order valence-corrected chi connectivity index (χ3v) is 7.05. The summed E-state index contributed by atoms with van der Waals surface area (Å²) in [5.74, 6) is 1.55. The molecule has 2 aliphatic rings. The van der Waals surface area contributed by atoms with Gasteiger partial charge in [0.15, 0.2) is 0 Å². The van der Waals surface area contributed by atoms with Crippen LogP contribution < -0.4 is 0 Å². The topological polar surface area (TPSA) is 57.0 Å². The Hall–Kier alpha value is -2.34. The molecule has 6 nitrogen and oxygen atoms in total. The monoisotopic (exact) mass is 439 g/mol. The molecular weight excluding hydrogens is 402 g/mol. The zero-order chi connectivity index (χ0) is 22.5. The van der Waals surface area contributed by atoms with Crippen molar-refractivity contribution in [3.63, 3.8) is 0 Å². The fourth-order valence-electron chi connectivity index (χ4n) is 5.19. The van der Waals surface area contributed by atoms with E-state index in [1.54, 1.807) is 0 Å². The smallest absolute Gasteiger partial charge is 0.236 e. The lowest BCUT2D eigenvalue weighted by Crippen LogP contribution is -2.46. The summed E-state index contributed by atoms with van der Waals surface area (Å²) in [4.78, 5) is 31.9. The molecule has 174 valence electrons. The van der Waals surface area contributed by atoms with Gasteiger partial charge in [-0.05, 0) is 38.8 Å². The van der Waals surface area contributed by atoms with Gasteiger partial charge < -0.3 is 14.2 Å². The molecule has 6 heteroatoms. The Morgan fingerprint density at radius 3 is 2.38 bits per heavy atom. The Kier molecular flexibility index (Phi) is 7.51. The number of carbonyl (C=O) groups excluding carboxylic acids is 2. The fourth-order valence-corrected chi connectivity index (χ4v) is 5.19. The number of likely N-dealkylation sites (N-methyl/N-ethyl adjacent to an activating group) is 1.